The molecule has 0 bridgehead atoms. The molecule has 0 heterocycles. The van der Waals surface area contributed by atoms with Crippen molar-refractivity contribution in [2.45, 2.75) is 11.7 Å². The van der Waals surface area contributed by atoms with Gasteiger partial charge in [-0.15, -0.1) is 0 Å². The number of benzene rings is 2. The van der Waals surface area contributed by atoms with Crippen LogP contribution in [0.25, 0.3) is 0 Å². The van der Waals surface area contributed by atoms with Crippen molar-refractivity contribution in [3.63, 3.8) is 0 Å². The number of halogens is 4. The molecule has 7 heteroatoms. The Morgan fingerprint density at radius 3 is 2.04 bits per heavy atom. The molecule has 0 radical (unpaired) electrons. The number of nitrogens with zero attached hydrogens (tertiary/aromatic N) is 1. The number of nitrogens with one attached hydrogen (secondary N) is 1. The van der Waals surface area contributed by atoms with Gasteiger partial charge in [-0.05, 0) is 36.4 Å². The molecule has 23 heavy (non-hydrogen) atoms. The second-order valence-electron chi connectivity index (χ2n) is 4.72. The summed E-state index contributed by atoms with van der Waals surface area (Å²) in [5, 5.41) is 11.9. The van der Waals surface area contributed by atoms with Crippen LogP contribution in [-0.2, 0) is 5.54 Å². The summed E-state index contributed by atoms with van der Waals surface area (Å²) in [6.45, 7) is 0. The first kappa shape index (κ1) is 17.0. The molecule has 0 aliphatic heterocycles. The molecule has 0 aliphatic carbocycles. The van der Waals surface area contributed by atoms with Crippen molar-refractivity contribution in [1.82, 2.24) is 0 Å². The molecule has 0 unspecified atom stereocenters. The maximum atomic E-state index is 13.7. The molecule has 0 fully saturated rings. The van der Waals surface area contributed by atoms with Gasteiger partial charge >= 0.3 is 6.18 Å². The minimum Gasteiger partial charge on any atom is -0.497 e. The molecule has 120 valence electrons. The average molecular weight is 341 g/mol. The molecule has 1 N–H and O–H groups in total. The van der Waals surface area contributed by atoms with Gasteiger partial charge in [-0.3, -0.25) is 0 Å². The molecular formula is C16H12ClF3N2O. The van der Waals surface area contributed by atoms with Crippen LogP contribution in [0.3, 0.4) is 0 Å². The van der Waals surface area contributed by atoms with Crippen molar-refractivity contribution in [1.29, 1.82) is 5.26 Å². The highest BCUT2D eigenvalue weighted by molar-refractivity contribution is 6.30. The Labute approximate surface area is 136 Å². The topological polar surface area (TPSA) is 45.0 Å². The van der Waals surface area contributed by atoms with Crippen molar-refractivity contribution < 1.29 is 17.9 Å². The van der Waals surface area contributed by atoms with Gasteiger partial charge in [-0.2, -0.15) is 18.4 Å². The van der Waals surface area contributed by atoms with E-state index >= 15 is 0 Å². The standard InChI is InChI=1S/C16H12ClF3N2O/c1-23-14-8-6-13(7-9-14)22-15(10-21,16(18,19)20)11-2-4-12(17)5-3-11/h2-9,22H,1H3/t15-/m1/s1. The number of nitriles is 1. The molecule has 0 amide bonds. The lowest BCUT2D eigenvalue weighted by molar-refractivity contribution is -0.165. The predicted molar refractivity (Wildman–Crippen MR) is 81.4 cm³/mol. The van der Waals surface area contributed by atoms with E-state index in [1.165, 1.54) is 61.7 Å². The minimum absolute atomic E-state index is 0.139. The Morgan fingerprint density at radius 2 is 1.61 bits per heavy atom. The third-order valence-corrected chi connectivity index (χ3v) is 3.54. The zero-order chi connectivity index (χ0) is 17.1. The number of anilines is 1. The van der Waals surface area contributed by atoms with Gasteiger partial charge in [0.05, 0.1) is 7.11 Å². The number of alkyl halides is 3. The van der Waals surface area contributed by atoms with E-state index in [4.69, 9.17) is 16.3 Å². The van der Waals surface area contributed by atoms with E-state index in [9.17, 15) is 18.4 Å². The Bertz CT molecular complexity index is 708. The fourth-order valence-corrected chi connectivity index (χ4v) is 2.18. The highest BCUT2D eigenvalue weighted by Crippen LogP contribution is 2.41. The largest absolute Gasteiger partial charge is 0.497 e. The van der Waals surface area contributed by atoms with E-state index in [0.717, 1.165) is 0 Å². The second kappa shape index (κ2) is 6.39. The molecule has 0 aromatic heterocycles. The quantitative estimate of drug-likeness (QED) is 0.874. The number of rotatable bonds is 4. The van der Waals surface area contributed by atoms with E-state index in [-0.39, 0.29) is 16.3 Å². The maximum absolute atomic E-state index is 13.7. The summed E-state index contributed by atoms with van der Waals surface area (Å²) in [6, 6.07) is 12.2. The second-order valence-corrected chi connectivity index (χ2v) is 5.16. The number of methoxy groups -OCH3 is 1. The van der Waals surface area contributed by atoms with Gasteiger partial charge in [0, 0.05) is 16.3 Å². The smallest absolute Gasteiger partial charge is 0.429 e. The van der Waals surface area contributed by atoms with Crippen LogP contribution in [0.1, 0.15) is 5.56 Å². The Hall–Kier alpha value is -2.39. The highest BCUT2D eigenvalue weighted by atomic mass is 35.5. The van der Waals surface area contributed by atoms with Crippen LogP contribution in [-0.4, -0.2) is 13.3 Å². The first-order valence-electron chi connectivity index (χ1n) is 6.48. The molecule has 0 saturated carbocycles. The number of hydrogen-bond donors (Lipinski definition) is 1. The molecule has 2 rings (SSSR count). The van der Waals surface area contributed by atoms with Crippen molar-refractivity contribution in [3.8, 4) is 11.8 Å². The van der Waals surface area contributed by atoms with Crippen LogP contribution < -0.4 is 10.1 Å². The summed E-state index contributed by atoms with van der Waals surface area (Å²) >= 11 is 5.71. The first-order chi connectivity index (χ1) is 10.8. The Kier molecular flexibility index (Phi) is 4.71. The molecule has 2 aromatic carbocycles. The van der Waals surface area contributed by atoms with Crippen LogP contribution in [0.4, 0.5) is 18.9 Å². The van der Waals surface area contributed by atoms with Crippen LogP contribution in [0.15, 0.2) is 48.5 Å². The fraction of sp³-hybridized carbons (Fsp3) is 0.188. The summed E-state index contributed by atoms with van der Waals surface area (Å²) in [5.74, 6) is 0.497. The molecule has 0 spiro atoms. The van der Waals surface area contributed by atoms with E-state index in [1.807, 2.05) is 0 Å². The molecule has 3 nitrogen and oxygen atoms in total. The predicted octanol–water partition coefficient (Wildman–Crippen LogP) is 4.74. The van der Waals surface area contributed by atoms with Crippen molar-refractivity contribution in [3.05, 3.63) is 59.1 Å². The third-order valence-electron chi connectivity index (χ3n) is 3.29. The molecule has 0 saturated heterocycles. The summed E-state index contributed by atoms with van der Waals surface area (Å²) in [7, 11) is 1.45. The van der Waals surface area contributed by atoms with E-state index in [0.29, 0.717) is 5.75 Å². The van der Waals surface area contributed by atoms with Crippen LogP contribution >= 0.6 is 11.6 Å². The average Bonchev–Trinajstić information content (AvgIpc) is 2.53. The zero-order valence-corrected chi connectivity index (χ0v) is 12.7. The van der Waals surface area contributed by atoms with Crippen LogP contribution in [0.5, 0.6) is 5.75 Å². The summed E-state index contributed by atoms with van der Waals surface area (Å²) < 4.78 is 45.9. The van der Waals surface area contributed by atoms with Crippen molar-refractivity contribution in [2.24, 2.45) is 0 Å². The van der Waals surface area contributed by atoms with Crippen LogP contribution in [0.2, 0.25) is 5.02 Å². The van der Waals surface area contributed by atoms with Gasteiger partial charge < -0.3 is 10.1 Å². The van der Waals surface area contributed by atoms with E-state index in [1.54, 1.807) is 0 Å². The SMILES string of the molecule is COc1ccc(N[C@](C#N)(c2ccc(Cl)cc2)C(F)(F)F)cc1. The molecular weight excluding hydrogens is 329 g/mol. The Morgan fingerprint density at radius 1 is 1.04 bits per heavy atom. The van der Waals surface area contributed by atoms with Gasteiger partial charge in [0.2, 0.25) is 5.54 Å². The monoisotopic (exact) mass is 340 g/mol. The van der Waals surface area contributed by atoms with Crippen molar-refractivity contribution in [2.75, 3.05) is 12.4 Å². The summed E-state index contributed by atoms with van der Waals surface area (Å²) in [6.07, 6.45) is -4.84. The lowest BCUT2D eigenvalue weighted by Gasteiger charge is -2.31. The van der Waals surface area contributed by atoms with Gasteiger partial charge in [0.1, 0.15) is 11.8 Å². The third kappa shape index (κ3) is 3.35. The zero-order valence-electron chi connectivity index (χ0n) is 12.0. The minimum atomic E-state index is -4.84. The summed E-state index contributed by atoms with van der Waals surface area (Å²) in [5.41, 5.74) is -2.99. The maximum Gasteiger partial charge on any atom is 0.429 e. The lowest BCUT2D eigenvalue weighted by atomic mass is 9.90. The van der Waals surface area contributed by atoms with Crippen molar-refractivity contribution >= 4 is 17.3 Å². The normalized spacial score (nSPS) is 13.7. The molecule has 0 aliphatic rings. The van der Waals surface area contributed by atoms with E-state index < -0.39 is 11.7 Å². The van der Waals surface area contributed by atoms with Gasteiger partial charge in [0.25, 0.3) is 0 Å². The first-order valence-corrected chi connectivity index (χ1v) is 6.86. The van der Waals surface area contributed by atoms with Gasteiger partial charge in [0.15, 0.2) is 0 Å². The van der Waals surface area contributed by atoms with E-state index in [2.05, 4.69) is 5.32 Å². The van der Waals surface area contributed by atoms with Gasteiger partial charge in [-0.1, -0.05) is 23.7 Å². The number of ether oxygens (including phenoxy) is 1. The molecule has 2 aromatic rings. The van der Waals surface area contributed by atoms with Crippen LogP contribution in [0, 0.1) is 11.3 Å². The lowest BCUT2D eigenvalue weighted by Crippen LogP contribution is -2.47. The number of hydrogen-bond acceptors (Lipinski definition) is 3. The summed E-state index contributed by atoms with van der Waals surface area (Å²) in [4.78, 5) is 0. The molecule has 1 atom stereocenters. The Balaban J connectivity index is 2.49. The van der Waals surface area contributed by atoms with Gasteiger partial charge in [-0.25, -0.2) is 0 Å². The fourth-order valence-electron chi connectivity index (χ4n) is 2.05. The highest BCUT2D eigenvalue weighted by Gasteiger charge is 2.57.